The molecule has 2 N–H and O–H groups in total. The Morgan fingerprint density at radius 1 is 1.06 bits per heavy atom. The Hall–Kier alpha value is -3.07. The van der Waals surface area contributed by atoms with Gasteiger partial charge in [-0.15, -0.1) is 0 Å². The first-order valence-corrected chi connectivity index (χ1v) is 13.3. The summed E-state index contributed by atoms with van der Waals surface area (Å²) in [5.74, 6) is -0.822. The standard InChI is InChI=1S/C27H29FN2O4S/c1-27(32)16-17-30(18-19-8-14-23(15-9-19)35(2,33)34)24(20-6-4-3-5-7-20)25(27)29-26(31)21-10-12-22(28)13-11-21/h3-15,24-25,32H,16-18H2,1-2H3,(H,29,31). The summed E-state index contributed by atoms with van der Waals surface area (Å²) >= 11 is 0. The number of nitrogens with one attached hydrogen (secondary N) is 1. The largest absolute Gasteiger partial charge is 0.388 e. The Balaban J connectivity index is 1.66. The van der Waals surface area contributed by atoms with Gasteiger partial charge in [0.2, 0.25) is 0 Å². The number of carbonyl (C=O) groups is 1. The number of piperidine rings is 1. The van der Waals surface area contributed by atoms with Gasteiger partial charge in [-0.25, -0.2) is 12.8 Å². The van der Waals surface area contributed by atoms with E-state index in [1.807, 2.05) is 30.3 Å². The van der Waals surface area contributed by atoms with Gasteiger partial charge in [0, 0.05) is 24.9 Å². The molecule has 0 saturated carbocycles. The number of hydrogen-bond donors (Lipinski definition) is 2. The molecule has 1 amide bonds. The molecule has 0 radical (unpaired) electrons. The summed E-state index contributed by atoms with van der Waals surface area (Å²) in [4.78, 5) is 15.5. The van der Waals surface area contributed by atoms with Crippen LogP contribution < -0.4 is 5.32 Å². The van der Waals surface area contributed by atoms with Crippen LogP contribution in [-0.2, 0) is 16.4 Å². The summed E-state index contributed by atoms with van der Waals surface area (Å²) in [5, 5.41) is 14.4. The van der Waals surface area contributed by atoms with Crippen LogP contribution in [0.15, 0.2) is 83.8 Å². The molecule has 3 aromatic rings. The Morgan fingerprint density at radius 2 is 1.69 bits per heavy atom. The zero-order valence-corrected chi connectivity index (χ0v) is 20.5. The van der Waals surface area contributed by atoms with Crippen molar-refractivity contribution in [1.29, 1.82) is 0 Å². The molecule has 0 bridgehead atoms. The second-order valence-corrected chi connectivity index (χ2v) is 11.3. The molecule has 6 nitrogen and oxygen atoms in total. The molecule has 4 rings (SSSR count). The monoisotopic (exact) mass is 496 g/mol. The van der Waals surface area contributed by atoms with Crippen LogP contribution in [0.3, 0.4) is 0 Å². The van der Waals surface area contributed by atoms with Crippen molar-refractivity contribution in [3.8, 4) is 0 Å². The third kappa shape index (κ3) is 5.78. The van der Waals surface area contributed by atoms with E-state index in [9.17, 15) is 22.7 Å². The quantitative estimate of drug-likeness (QED) is 0.543. The van der Waals surface area contributed by atoms with Crippen LogP contribution in [0.2, 0.25) is 0 Å². The highest BCUT2D eigenvalue weighted by Gasteiger charge is 2.46. The van der Waals surface area contributed by atoms with Crippen molar-refractivity contribution < 1.29 is 22.7 Å². The van der Waals surface area contributed by atoms with Crippen LogP contribution in [0, 0.1) is 5.82 Å². The number of sulfone groups is 1. The normalized spacial score (nSPS) is 23.1. The lowest BCUT2D eigenvalue weighted by Crippen LogP contribution is -2.62. The Labute approximate surface area is 205 Å². The number of hydrogen-bond acceptors (Lipinski definition) is 5. The van der Waals surface area contributed by atoms with Crippen molar-refractivity contribution in [2.24, 2.45) is 0 Å². The predicted molar refractivity (Wildman–Crippen MR) is 132 cm³/mol. The van der Waals surface area contributed by atoms with Crippen LogP contribution in [0.25, 0.3) is 0 Å². The SMILES string of the molecule is CC1(O)CCN(Cc2ccc(S(C)(=O)=O)cc2)C(c2ccccc2)C1NC(=O)c1ccc(F)cc1. The van der Waals surface area contributed by atoms with Crippen LogP contribution in [0.5, 0.6) is 0 Å². The van der Waals surface area contributed by atoms with Gasteiger partial charge in [0.25, 0.3) is 5.91 Å². The van der Waals surface area contributed by atoms with Crippen LogP contribution in [-0.4, -0.2) is 48.8 Å². The maximum absolute atomic E-state index is 13.4. The topological polar surface area (TPSA) is 86.7 Å². The average molecular weight is 497 g/mol. The lowest BCUT2D eigenvalue weighted by atomic mass is 9.79. The maximum atomic E-state index is 13.4. The van der Waals surface area contributed by atoms with E-state index < -0.39 is 33.2 Å². The first-order chi connectivity index (χ1) is 16.5. The number of carbonyl (C=O) groups excluding carboxylic acids is 1. The molecule has 184 valence electrons. The van der Waals surface area contributed by atoms with Gasteiger partial charge in [0.05, 0.1) is 22.6 Å². The molecule has 0 spiro atoms. The number of likely N-dealkylation sites (tertiary alicyclic amines) is 1. The smallest absolute Gasteiger partial charge is 0.251 e. The lowest BCUT2D eigenvalue weighted by Gasteiger charge is -2.49. The summed E-state index contributed by atoms with van der Waals surface area (Å²) in [5.41, 5.74) is 0.975. The van der Waals surface area contributed by atoms with Crippen molar-refractivity contribution in [2.75, 3.05) is 12.8 Å². The minimum Gasteiger partial charge on any atom is -0.388 e. The summed E-state index contributed by atoms with van der Waals surface area (Å²) in [6.45, 7) is 2.79. The first-order valence-electron chi connectivity index (χ1n) is 11.4. The van der Waals surface area contributed by atoms with Crippen LogP contribution >= 0.6 is 0 Å². The molecule has 3 atom stereocenters. The van der Waals surface area contributed by atoms with E-state index >= 15 is 0 Å². The Morgan fingerprint density at radius 3 is 2.29 bits per heavy atom. The van der Waals surface area contributed by atoms with Gasteiger partial charge in [-0.05, 0) is 60.9 Å². The molecule has 1 fully saturated rings. The van der Waals surface area contributed by atoms with E-state index in [0.29, 0.717) is 25.1 Å². The molecule has 3 aromatic carbocycles. The molecule has 1 aliphatic heterocycles. The zero-order valence-electron chi connectivity index (χ0n) is 19.7. The van der Waals surface area contributed by atoms with Gasteiger partial charge in [0.1, 0.15) is 5.82 Å². The van der Waals surface area contributed by atoms with Gasteiger partial charge in [-0.1, -0.05) is 42.5 Å². The Kier molecular flexibility index (Phi) is 7.07. The number of aliphatic hydroxyl groups is 1. The average Bonchev–Trinajstić information content (AvgIpc) is 2.82. The first kappa shape index (κ1) is 25.0. The molecule has 3 unspecified atom stereocenters. The molecule has 0 aliphatic carbocycles. The van der Waals surface area contributed by atoms with E-state index in [4.69, 9.17) is 0 Å². The van der Waals surface area contributed by atoms with Gasteiger partial charge >= 0.3 is 0 Å². The highest BCUT2D eigenvalue weighted by molar-refractivity contribution is 7.90. The molecule has 8 heteroatoms. The third-order valence-electron chi connectivity index (χ3n) is 6.56. The highest BCUT2D eigenvalue weighted by Crippen LogP contribution is 2.38. The summed E-state index contributed by atoms with van der Waals surface area (Å²) in [7, 11) is -3.29. The van der Waals surface area contributed by atoms with Gasteiger partial charge in [-0.3, -0.25) is 9.69 Å². The van der Waals surface area contributed by atoms with E-state index in [1.54, 1.807) is 31.2 Å². The van der Waals surface area contributed by atoms with E-state index in [1.165, 1.54) is 30.5 Å². The zero-order chi connectivity index (χ0) is 25.2. The molecule has 35 heavy (non-hydrogen) atoms. The number of rotatable bonds is 6. The van der Waals surface area contributed by atoms with E-state index in [-0.39, 0.29) is 10.9 Å². The van der Waals surface area contributed by atoms with Crippen molar-refractivity contribution in [2.45, 2.75) is 42.5 Å². The van der Waals surface area contributed by atoms with E-state index in [0.717, 1.165) is 11.1 Å². The summed E-state index contributed by atoms with van der Waals surface area (Å²) < 4.78 is 37.0. The highest BCUT2D eigenvalue weighted by atomic mass is 32.2. The summed E-state index contributed by atoms with van der Waals surface area (Å²) in [6, 6.07) is 20.7. The summed E-state index contributed by atoms with van der Waals surface area (Å²) in [6.07, 6.45) is 1.60. The molecule has 1 heterocycles. The van der Waals surface area contributed by atoms with Crippen molar-refractivity contribution in [3.63, 3.8) is 0 Å². The Bertz CT molecular complexity index is 1280. The number of amides is 1. The molecular weight excluding hydrogens is 467 g/mol. The van der Waals surface area contributed by atoms with Crippen LogP contribution in [0.1, 0.15) is 40.9 Å². The van der Waals surface area contributed by atoms with Gasteiger partial charge in [0.15, 0.2) is 9.84 Å². The lowest BCUT2D eigenvalue weighted by molar-refractivity contribution is -0.0665. The van der Waals surface area contributed by atoms with Crippen LogP contribution in [0.4, 0.5) is 4.39 Å². The van der Waals surface area contributed by atoms with Gasteiger partial charge < -0.3 is 10.4 Å². The second-order valence-electron chi connectivity index (χ2n) is 9.31. The fourth-order valence-corrected chi connectivity index (χ4v) is 5.21. The fraction of sp³-hybridized carbons (Fsp3) is 0.296. The minimum atomic E-state index is -3.29. The molecule has 1 saturated heterocycles. The minimum absolute atomic E-state index is 0.256. The van der Waals surface area contributed by atoms with Crippen molar-refractivity contribution in [3.05, 3.63) is 101 Å². The second kappa shape index (κ2) is 9.89. The maximum Gasteiger partial charge on any atom is 0.251 e. The van der Waals surface area contributed by atoms with Crippen molar-refractivity contribution in [1.82, 2.24) is 10.2 Å². The number of nitrogens with zero attached hydrogens (tertiary/aromatic N) is 1. The molecule has 0 aromatic heterocycles. The van der Waals surface area contributed by atoms with Crippen molar-refractivity contribution >= 4 is 15.7 Å². The third-order valence-corrected chi connectivity index (χ3v) is 7.68. The van der Waals surface area contributed by atoms with E-state index in [2.05, 4.69) is 10.2 Å². The number of benzene rings is 3. The fourth-order valence-electron chi connectivity index (χ4n) is 4.58. The number of halogens is 1. The predicted octanol–water partition coefficient (Wildman–Crippen LogP) is 3.73. The molecular formula is C27H29FN2O4S. The van der Waals surface area contributed by atoms with Gasteiger partial charge in [-0.2, -0.15) is 0 Å². The molecule has 1 aliphatic rings.